The molecule has 0 N–H and O–H groups in total. The highest BCUT2D eigenvalue weighted by molar-refractivity contribution is 6.08. The second-order valence-corrected chi connectivity index (χ2v) is 7.15. The third kappa shape index (κ3) is 2.49. The van der Waals surface area contributed by atoms with Crippen LogP contribution in [0, 0.1) is 11.8 Å². The first-order valence-corrected chi connectivity index (χ1v) is 8.98. The molecule has 1 aromatic carbocycles. The highest BCUT2D eigenvalue weighted by atomic mass is 14.8. The molecule has 2 unspecified atom stereocenters. The van der Waals surface area contributed by atoms with Crippen LogP contribution in [0.1, 0.15) is 18.1 Å². The summed E-state index contributed by atoms with van der Waals surface area (Å²) in [6.45, 7) is 2.22. The molecule has 0 saturated heterocycles. The number of rotatable bonds is 3. The zero-order chi connectivity index (χ0) is 16.8. The van der Waals surface area contributed by atoms with Gasteiger partial charge in [-0.15, -0.1) is 0 Å². The van der Waals surface area contributed by atoms with Crippen molar-refractivity contribution in [1.29, 1.82) is 0 Å². The summed E-state index contributed by atoms with van der Waals surface area (Å²) < 4.78 is 0. The van der Waals surface area contributed by atoms with Crippen LogP contribution in [0.4, 0.5) is 5.69 Å². The van der Waals surface area contributed by atoms with Gasteiger partial charge in [-0.2, -0.15) is 0 Å². The molecule has 0 fully saturated rings. The van der Waals surface area contributed by atoms with Gasteiger partial charge in [-0.05, 0) is 46.3 Å². The predicted octanol–water partition coefficient (Wildman–Crippen LogP) is 5.07. The highest BCUT2D eigenvalue weighted by Gasteiger charge is 2.29. The maximum Gasteiger partial charge on any atom is 0.0661 e. The van der Waals surface area contributed by atoms with E-state index in [0.29, 0.717) is 11.8 Å². The van der Waals surface area contributed by atoms with Crippen molar-refractivity contribution in [2.75, 3.05) is 0 Å². The van der Waals surface area contributed by atoms with E-state index < -0.39 is 0 Å². The molecule has 122 valence electrons. The first-order valence-electron chi connectivity index (χ1n) is 8.98. The van der Waals surface area contributed by atoms with Crippen LogP contribution in [0.5, 0.6) is 0 Å². The molecule has 1 aromatic rings. The summed E-state index contributed by atoms with van der Waals surface area (Å²) in [6.07, 6.45) is 19.4. The fourth-order valence-corrected chi connectivity index (χ4v) is 4.04. The lowest BCUT2D eigenvalue weighted by Crippen LogP contribution is -2.18. The standard InChI is InChI=1S/C23H20N2/c1-15-5-7-17(11-15)21-14-25-23-19(3-2-4-20(21)23)13-16-6-8-22-18(12-16)9-10-24-22/h2-8,10-12,14-15,20H,9,13H2,1H3. The van der Waals surface area contributed by atoms with Crippen LogP contribution in [0.3, 0.4) is 0 Å². The molecule has 2 aliphatic heterocycles. The first kappa shape index (κ1) is 14.6. The quantitative estimate of drug-likeness (QED) is 0.741. The summed E-state index contributed by atoms with van der Waals surface area (Å²) in [4.78, 5) is 9.20. The van der Waals surface area contributed by atoms with Gasteiger partial charge in [-0.3, -0.25) is 9.98 Å². The van der Waals surface area contributed by atoms with E-state index in [2.05, 4.69) is 72.8 Å². The van der Waals surface area contributed by atoms with Gasteiger partial charge in [-0.1, -0.05) is 55.5 Å². The molecule has 0 spiro atoms. The normalized spacial score (nSPS) is 25.5. The van der Waals surface area contributed by atoms with Crippen LogP contribution in [0.25, 0.3) is 0 Å². The van der Waals surface area contributed by atoms with Crippen molar-refractivity contribution < 1.29 is 0 Å². The zero-order valence-electron chi connectivity index (χ0n) is 14.3. The van der Waals surface area contributed by atoms with Gasteiger partial charge < -0.3 is 0 Å². The smallest absolute Gasteiger partial charge is 0.0661 e. The molecule has 0 amide bonds. The summed E-state index contributed by atoms with van der Waals surface area (Å²) in [5.41, 5.74) is 9.00. The third-order valence-corrected chi connectivity index (χ3v) is 5.34. The third-order valence-electron chi connectivity index (χ3n) is 5.34. The van der Waals surface area contributed by atoms with E-state index in [0.717, 1.165) is 18.5 Å². The van der Waals surface area contributed by atoms with Crippen molar-refractivity contribution in [3.05, 3.63) is 88.7 Å². The Morgan fingerprint density at radius 3 is 3.04 bits per heavy atom. The van der Waals surface area contributed by atoms with Crippen LogP contribution in [0.15, 0.2) is 87.6 Å². The number of hydrogen-bond donors (Lipinski definition) is 0. The van der Waals surface area contributed by atoms with E-state index in [9.17, 15) is 0 Å². The number of nitrogens with zero attached hydrogens (tertiary/aromatic N) is 2. The van der Waals surface area contributed by atoms with Crippen molar-refractivity contribution in [2.45, 2.75) is 19.8 Å². The van der Waals surface area contributed by atoms with Gasteiger partial charge >= 0.3 is 0 Å². The largest absolute Gasteiger partial charge is 0.261 e. The lowest BCUT2D eigenvalue weighted by Gasteiger charge is -2.20. The van der Waals surface area contributed by atoms with Gasteiger partial charge in [-0.25, -0.2) is 0 Å². The molecule has 0 saturated carbocycles. The van der Waals surface area contributed by atoms with E-state index in [1.807, 2.05) is 6.21 Å². The highest BCUT2D eigenvalue weighted by Crippen LogP contribution is 2.37. The van der Waals surface area contributed by atoms with Gasteiger partial charge in [0.15, 0.2) is 0 Å². The Labute approximate surface area is 148 Å². The van der Waals surface area contributed by atoms with Crippen molar-refractivity contribution in [3.63, 3.8) is 0 Å². The van der Waals surface area contributed by atoms with Crippen molar-refractivity contribution >= 4 is 17.6 Å². The van der Waals surface area contributed by atoms with Crippen LogP contribution >= 0.6 is 0 Å². The fraction of sp³-hybridized carbons (Fsp3) is 0.217. The molecule has 2 atom stereocenters. The van der Waals surface area contributed by atoms with Crippen LogP contribution < -0.4 is 0 Å². The molecule has 2 heterocycles. The summed E-state index contributed by atoms with van der Waals surface area (Å²) in [5.74, 6) is 0.829. The van der Waals surface area contributed by atoms with Crippen LogP contribution in [0.2, 0.25) is 0 Å². The Kier molecular flexibility index (Phi) is 3.30. The fourth-order valence-electron chi connectivity index (χ4n) is 4.04. The van der Waals surface area contributed by atoms with E-state index in [4.69, 9.17) is 4.99 Å². The number of allylic oxidation sites excluding steroid dienone is 9. The number of benzene rings is 1. The molecule has 4 aliphatic rings. The zero-order valence-corrected chi connectivity index (χ0v) is 14.3. The molecule has 2 aliphatic carbocycles. The Balaban J connectivity index is 1.38. The predicted molar refractivity (Wildman–Crippen MR) is 105 cm³/mol. The lowest BCUT2D eigenvalue weighted by molar-refractivity contribution is 0.951. The molecular formula is C23H20N2. The molecule has 5 rings (SSSR count). The second kappa shape index (κ2) is 5.66. The van der Waals surface area contributed by atoms with Gasteiger partial charge in [0, 0.05) is 24.8 Å². The van der Waals surface area contributed by atoms with Crippen LogP contribution in [-0.4, -0.2) is 11.9 Å². The van der Waals surface area contributed by atoms with Gasteiger partial charge in [0.1, 0.15) is 0 Å². The average molecular weight is 324 g/mol. The minimum absolute atomic E-state index is 0.305. The van der Waals surface area contributed by atoms with E-state index >= 15 is 0 Å². The molecule has 2 nitrogen and oxygen atoms in total. The minimum atomic E-state index is 0.305. The van der Waals surface area contributed by atoms with Gasteiger partial charge in [0.25, 0.3) is 0 Å². The van der Waals surface area contributed by atoms with E-state index in [1.165, 1.54) is 33.6 Å². The second-order valence-electron chi connectivity index (χ2n) is 7.15. The van der Waals surface area contributed by atoms with E-state index in [-0.39, 0.29) is 0 Å². The minimum Gasteiger partial charge on any atom is -0.261 e. The molecule has 0 bridgehead atoms. The first-order chi connectivity index (χ1) is 12.3. The van der Waals surface area contributed by atoms with Gasteiger partial charge in [0.2, 0.25) is 0 Å². The Bertz CT molecular complexity index is 964. The summed E-state index contributed by atoms with van der Waals surface area (Å²) in [6, 6.07) is 6.63. The van der Waals surface area contributed by atoms with E-state index in [1.54, 1.807) is 0 Å². The van der Waals surface area contributed by atoms with Gasteiger partial charge in [0.05, 0.1) is 11.4 Å². The number of fused-ring (bicyclic) bond motifs is 2. The molecular weight excluding hydrogens is 304 g/mol. The molecule has 2 heteroatoms. The maximum absolute atomic E-state index is 4.79. The Morgan fingerprint density at radius 2 is 2.16 bits per heavy atom. The molecule has 25 heavy (non-hydrogen) atoms. The number of hydrogen-bond acceptors (Lipinski definition) is 2. The van der Waals surface area contributed by atoms with Crippen molar-refractivity contribution in [2.24, 2.45) is 21.8 Å². The molecule has 0 radical (unpaired) electrons. The number of aliphatic imine (C=N–C) groups is 2. The summed E-state index contributed by atoms with van der Waals surface area (Å²) in [5, 5.41) is 0. The Hall–Kier alpha value is -2.74. The van der Waals surface area contributed by atoms with Crippen molar-refractivity contribution in [3.8, 4) is 0 Å². The lowest BCUT2D eigenvalue weighted by atomic mass is 9.83. The summed E-state index contributed by atoms with van der Waals surface area (Å²) >= 11 is 0. The monoisotopic (exact) mass is 324 g/mol. The Morgan fingerprint density at radius 1 is 1.20 bits per heavy atom. The van der Waals surface area contributed by atoms with Crippen LogP contribution in [-0.2, 0) is 12.8 Å². The van der Waals surface area contributed by atoms with Crippen molar-refractivity contribution in [1.82, 2.24) is 0 Å². The molecule has 0 aromatic heterocycles. The topological polar surface area (TPSA) is 24.7 Å². The SMILES string of the molecule is CC1C=CC(C2=CN=C3C(Cc4ccc5c(c4)CC=N5)=CC=CC23)=C1. The maximum atomic E-state index is 4.79. The average Bonchev–Trinajstić information content (AvgIpc) is 3.33. The summed E-state index contributed by atoms with van der Waals surface area (Å²) in [7, 11) is 0.